The highest BCUT2D eigenvalue weighted by Gasteiger charge is 2.51. The van der Waals surface area contributed by atoms with Gasteiger partial charge in [0.05, 0.1) is 6.61 Å². The van der Waals surface area contributed by atoms with Gasteiger partial charge >= 0.3 is 0 Å². The Labute approximate surface area is 167 Å². The van der Waals surface area contributed by atoms with Crippen LogP contribution in [0.25, 0.3) is 0 Å². The summed E-state index contributed by atoms with van der Waals surface area (Å²) in [6.07, 6.45) is -3.32. The van der Waals surface area contributed by atoms with E-state index >= 15 is 0 Å². The highest BCUT2D eigenvalue weighted by Crippen LogP contribution is 2.35. The topological polar surface area (TPSA) is 77.4 Å². The van der Waals surface area contributed by atoms with E-state index in [0.29, 0.717) is 0 Å². The summed E-state index contributed by atoms with van der Waals surface area (Å²) in [5.74, 6) is 0. The zero-order valence-electron chi connectivity index (χ0n) is 18.4. The van der Waals surface area contributed by atoms with Crippen LogP contribution in [0.4, 0.5) is 0 Å². The van der Waals surface area contributed by atoms with Gasteiger partial charge in [0.2, 0.25) is 0 Å². The van der Waals surface area contributed by atoms with E-state index in [9.17, 15) is 10.2 Å². The van der Waals surface area contributed by atoms with Gasteiger partial charge in [-0.15, -0.1) is 0 Å². The van der Waals surface area contributed by atoms with Crippen LogP contribution in [0.15, 0.2) is 0 Å². The number of ether oxygens (including phenoxy) is 2. The van der Waals surface area contributed by atoms with Crippen molar-refractivity contribution in [3.63, 3.8) is 0 Å². The van der Waals surface area contributed by atoms with Crippen molar-refractivity contribution in [3.05, 3.63) is 0 Å². The third kappa shape index (κ3) is 5.63. The Balaban J connectivity index is 3.28. The Bertz CT molecular complexity index is 400. The van der Waals surface area contributed by atoms with Gasteiger partial charge in [0.25, 0.3) is 0 Å². The fourth-order valence-electron chi connectivity index (χ4n) is 4.07. The largest absolute Gasteiger partial charge is 0.408 e. The van der Waals surface area contributed by atoms with Gasteiger partial charge in [-0.25, -0.2) is 0 Å². The molecule has 8 heteroatoms. The van der Waals surface area contributed by atoms with Crippen LogP contribution in [-0.4, -0.2) is 71.3 Å². The second kappa shape index (κ2) is 11.4. The van der Waals surface area contributed by atoms with Gasteiger partial charge in [-0.05, 0) is 36.3 Å². The van der Waals surface area contributed by atoms with Gasteiger partial charge in [-0.3, -0.25) is 0 Å². The highest BCUT2D eigenvalue weighted by atomic mass is 28.4. The van der Waals surface area contributed by atoms with E-state index < -0.39 is 47.3 Å². The first-order chi connectivity index (χ1) is 12.8. The summed E-state index contributed by atoms with van der Waals surface area (Å²) in [7, 11) is -2.38. The third-order valence-electron chi connectivity index (χ3n) is 6.67. The van der Waals surface area contributed by atoms with Crippen molar-refractivity contribution in [2.24, 2.45) is 0 Å². The van der Waals surface area contributed by atoms with Crippen molar-refractivity contribution < 1.29 is 28.5 Å². The molecule has 1 heterocycles. The summed E-state index contributed by atoms with van der Waals surface area (Å²) in [5.41, 5.74) is 0. The van der Waals surface area contributed by atoms with Crippen molar-refractivity contribution in [1.29, 1.82) is 0 Å². The first kappa shape index (κ1) is 25.2. The van der Waals surface area contributed by atoms with E-state index in [1.807, 2.05) is 0 Å². The summed E-state index contributed by atoms with van der Waals surface area (Å²) in [4.78, 5) is 0. The summed E-state index contributed by atoms with van der Waals surface area (Å²) >= 11 is 0. The van der Waals surface area contributed by atoms with Crippen molar-refractivity contribution in [3.8, 4) is 0 Å². The average molecular weight is 423 g/mol. The molecule has 2 N–H and O–H groups in total. The van der Waals surface area contributed by atoms with Crippen molar-refractivity contribution in [2.45, 2.75) is 109 Å². The predicted octanol–water partition coefficient (Wildman–Crippen LogP) is 3.49. The monoisotopic (exact) mass is 422 g/mol. The molecule has 6 nitrogen and oxygen atoms in total. The average Bonchev–Trinajstić information content (AvgIpc) is 2.72. The molecule has 0 saturated carbocycles. The molecule has 0 aromatic rings. The molecule has 0 aromatic carbocycles. The van der Waals surface area contributed by atoms with Crippen LogP contribution in [0.1, 0.15) is 41.5 Å². The molecule has 1 fully saturated rings. The summed E-state index contributed by atoms with van der Waals surface area (Å²) in [5, 5.41) is 20.7. The van der Waals surface area contributed by atoms with Gasteiger partial charge in [0.15, 0.2) is 22.9 Å². The number of aliphatic hydroxyl groups excluding tert-OH is 2. The third-order valence-corrected chi connectivity index (χ3v) is 15.9. The minimum Gasteiger partial charge on any atom is -0.408 e. The van der Waals surface area contributed by atoms with Gasteiger partial charge in [0.1, 0.15) is 24.4 Å². The van der Waals surface area contributed by atoms with E-state index in [1.165, 1.54) is 0 Å². The lowest BCUT2D eigenvalue weighted by atomic mass is 9.99. The first-order valence-electron chi connectivity index (χ1n) is 10.7. The maximum Gasteiger partial charge on any atom is 0.192 e. The summed E-state index contributed by atoms with van der Waals surface area (Å²) in [6.45, 7) is 12.8. The van der Waals surface area contributed by atoms with Gasteiger partial charge in [0, 0.05) is 7.11 Å². The molecule has 0 amide bonds. The number of rotatable bonds is 12. The Hall–Kier alpha value is 0.194. The summed E-state index contributed by atoms with van der Waals surface area (Å²) < 4.78 is 24.9. The number of aliphatic hydroxyl groups is 2. The van der Waals surface area contributed by atoms with Gasteiger partial charge in [-0.1, -0.05) is 41.5 Å². The SMILES string of the molecule is CC[Si](CC)(CC)O[C@H]1[C@@H](OC)O[C@H](CO)[C@H](O)[C@@H]1O[Si](CC)(CC)CC. The Morgan fingerprint density at radius 2 is 1.19 bits per heavy atom. The second-order valence-electron chi connectivity index (χ2n) is 7.60. The molecule has 27 heavy (non-hydrogen) atoms. The lowest BCUT2D eigenvalue weighted by Gasteiger charge is -2.49. The predicted molar refractivity (Wildman–Crippen MR) is 113 cm³/mol. The van der Waals surface area contributed by atoms with E-state index in [4.69, 9.17) is 18.3 Å². The fourth-order valence-corrected chi connectivity index (χ4v) is 9.74. The first-order valence-corrected chi connectivity index (χ1v) is 15.7. The molecular formula is C19H42O6Si2. The molecule has 162 valence electrons. The summed E-state index contributed by atoms with van der Waals surface area (Å²) in [6, 6.07) is 5.94. The normalized spacial score (nSPS) is 29.9. The zero-order chi connectivity index (χ0) is 20.7. The van der Waals surface area contributed by atoms with Crippen LogP contribution in [0, 0.1) is 0 Å². The molecule has 0 aliphatic carbocycles. The lowest BCUT2D eigenvalue weighted by molar-refractivity contribution is -0.287. The smallest absolute Gasteiger partial charge is 0.192 e. The molecule has 0 radical (unpaired) electrons. The van der Waals surface area contributed by atoms with Crippen LogP contribution in [0.3, 0.4) is 0 Å². The van der Waals surface area contributed by atoms with Crippen LogP contribution in [0.2, 0.25) is 36.3 Å². The Kier molecular flexibility index (Phi) is 10.7. The molecule has 0 bridgehead atoms. The molecule has 1 saturated heterocycles. The Morgan fingerprint density at radius 1 is 0.778 bits per heavy atom. The van der Waals surface area contributed by atoms with E-state index in [0.717, 1.165) is 36.3 Å². The molecule has 1 aliphatic rings. The number of hydrogen-bond acceptors (Lipinski definition) is 6. The molecule has 0 unspecified atom stereocenters. The second-order valence-corrected chi connectivity index (χ2v) is 17.1. The maximum atomic E-state index is 11.0. The Morgan fingerprint density at radius 3 is 1.52 bits per heavy atom. The number of methoxy groups -OCH3 is 1. The van der Waals surface area contributed by atoms with E-state index in [-0.39, 0.29) is 6.61 Å². The quantitative estimate of drug-likeness (QED) is 0.469. The van der Waals surface area contributed by atoms with Crippen LogP contribution >= 0.6 is 0 Å². The maximum absolute atomic E-state index is 11.0. The van der Waals surface area contributed by atoms with Crippen molar-refractivity contribution >= 4 is 16.6 Å². The minimum atomic E-state index is -2.00. The fraction of sp³-hybridized carbons (Fsp3) is 1.00. The molecular weight excluding hydrogens is 380 g/mol. The lowest BCUT2D eigenvalue weighted by Crippen LogP contribution is -2.65. The molecule has 0 spiro atoms. The van der Waals surface area contributed by atoms with Crippen LogP contribution in [0.5, 0.6) is 0 Å². The van der Waals surface area contributed by atoms with Crippen molar-refractivity contribution in [2.75, 3.05) is 13.7 Å². The van der Waals surface area contributed by atoms with Crippen LogP contribution in [-0.2, 0) is 18.3 Å². The van der Waals surface area contributed by atoms with E-state index in [2.05, 4.69) is 41.5 Å². The van der Waals surface area contributed by atoms with Crippen molar-refractivity contribution in [1.82, 2.24) is 0 Å². The van der Waals surface area contributed by atoms with Crippen LogP contribution < -0.4 is 0 Å². The number of hydrogen-bond donors (Lipinski definition) is 2. The minimum absolute atomic E-state index is 0.273. The van der Waals surface area contributed by atoms with Gasteiger partial charge < -0.3 is 28.5 Å². The van der Waals surface area contributed by atoms with Gasteiger partial charge in [-0.2, -0.15) is 0 Å². The highest BCUT2D eigenvalue weighted by molar-refractivity contribution is 6.74. The zero-order valence-corrected chi connectivity index (χ0v) is 20.4. The molecule has 5 atom stereocenters. The van der Waals surface area contributed by atoms with E-state index in [1.54, 1.807) is 7.11 Å². The molecule has 1 rings (SSSR count). The molecule has 1 aliphatic heterocycles. The standard InChI is InChI=1S/C19H42O6Si2/c1-8-26(9-2,10-3)24-17-16(21)15(14-20)23-19(22-7)18(17)25-27(11-4,12-5)13-6/h15-21H,8-14H2,1-7H3/t15-,16+,17+,18-,19+/m1/s1. The molecule has 0 aromatic heterocycles.